The Hall–Kier alpha value is -0.420. The quantitative estimate of drug-likeness (QED) is 0.812. The molecule has 1 heterocycles. The van der Waals surface area contributed by atoms with Gasteiger partial charge in [-0.25, -0.2) is 0 Å². The van der Waals surface area contributed by atoms with Crippen LogP contribution in [0.5, 0.6) is 0 Å². The fourth-order valence-electron chi connectivity index (χ4n) is 3.05. The van der Waals surface area contributed by atoms with Crippen LogP contribution in [0.4, 0.5) is 0 Å². The molecule has 0 amide bonds. The molecule has 1 saturated heterocycles. The second-order valence-electron chi connectivity index (χ2n) is 6.23. The topological polar surface area (TPSA) is 18.5 Å². The maximum atomic E-state index is 3.75. The molecule has 0 aromatic heterocycles. The predicted octanol–water partition coefficient (Wildman–Crippen LogP) is 3.08. The van der Waals surface area contributed by atoms with Gasteiger partial charge in [0.1, 0.15) is 0 Å². The number of likely N-dealkylation sites (tertiary alicyclic amines) is 1. The molecule has 2 rings (SSSR count). The summed E-state index contributed by atoms with van der Waals surface area (Å²) >= 11 is 3.75. The molecule has 0 radical (unpaired) electrons. The van der Waals surface area contributed by atoms with Crippen molar-refractivity contribution in [2.75, 3.05) is 33.7 Å². The van der Waals surface area contributed by atoms with E-state index in [9.17, 15) is 0 Å². The van der Waals surface area contributed by atoms with Crippen LogP contribution in [0.2, 0.25) is 0 Å². The number of nitrogens with zero attached hydrogens (tertiary/aromatic N) is 2. The normalized spacial score (nSPS) is 19.6. The first-order valence-corrected chi connectivity index (χ1v) is 8.76. The molecule has 1 fully saturated rings. The summed E-state index contributed by atoms with van der Waals surface area (Å²) in [5.74, 6) is 0. The van der Waals surface area contributed by atoms with Crippen LogP contribution >= 0.6 is 15.9 Å². The lowest BCUT2D eigenvalue weighted by Crippen LogP contribution is -2.37. The molecule has 1 aromatic carbocycles. The summed E-state index contributed by atoms with van der Waals surface area (Å²) in [6, 6.07) is 7.49. The summed E-state index contributed by atoms with van der Waals surface area (Å²) < 4.78 is 1.24. The van der Waals surface area contributed by atoms with Crippen LogP contribution in [0.3, 0.4) is 0 Å². The van der Waals surface area contributed by atoms with E-state index in [2.05, 4.69) is 70.3 Å². The van der Waals surface area contributed by atoms with E-state index in [-0.39, 0.29) is 0 Å². The molecule has 0 spiro atoms. The van der Waals surface area contributed by atoms with Crippen LogP contribution in [-0.4, -0.2) is 49.6 Å². The molecule has 0 aliphatic carbocycles. The fraction of sp³-hybridized carbons (Fsp3) is 0.647. The maximum Gasteiger partial charge on any atom is 0.0248 e. The number of halogens is 1. The van der Waals surface area contributed by atoms with Gasteiger partial charge in [0.05, 0.1) is 0 Å². The zero-order valence-electron chi connectivity index (χ0n) is 13.5. The summed E-state index contributed by atoms with van der Waals surface area (Å²) in [4.78, 5) is 4.93. The Balaban J connectivity index is 1.98. The van der Waals surface area contributed by atoms with Crippen molar-refractivity contribution in [3.05, 3.63) is 33.8 Å². The van der Waals surface area contributed by atoms with E-state index >= 15 is 0 Å². The summed E-state index contributed by atoms with van der Waals surface area (Å²) in [6.07, 6.45) is 2.66. The third-order valence-corrected chi connectivity index (χ3v) is 4.88. The number of benzene rings is 1. The van der Waals surface area contributed by atoms with Gasteiger partial charge >= 0.3 is 0 Å². The van der Waals surface area contributed by atoms with E-state index < -0.39 is 0 Å². The minimum atomic E-state index is 0.702. The van der Waals surface area contributed by atoms with E-state index in [1.807, 2.05) is 0 Å². The smallest absolute Gasteiger partial charge is 0.0248 e. The Labute approximate surface area is 137 Å². The van der Waals surface area contributed by atoms with Crippen LogP contribution in [0.1, 0.15) is 30.9 Å². The number of hydrogen-bond donors (Lipinski definition) is 1. The van der Waals surface area contributed by atoms with Crippen molar-refractivity contribution in [3.8, 4) is 0 Å². The summed E-state index contributed by atoms with van der Waals surface area (Å²) in [5.41, 5.74) is 2.75. The lowest BCUT2D eigenvalue weighted by Gasteiger charge is -2.27. The molecule has 1 unspecified atom stereocenters. The Morgan fingerprint density at radius 2 is 2.19 bits per heavy atom. The second-order valence-corrected chi connectivity index (χ2v) is 7.09. The highest BCUT2D eigenvalue weighted by Gasteiger charge is 2.25. The predicted molar refractivity (Wildman–Crippen MR) is 93.5 cm³/mol. The van der Waals surface area contributed by atoms with Gasteiger partial charge in [-0.3, -0.25) is 4.90 Å². The van der Waals surface area contributed by atoms with E-state index in [0.717, 1.165) is 26.2 Å². The molecule has 1 aromatic rings. The molecule has 21 heavy (non-hydrogen) atoms. The first-order valence-electron chi connectivity index (χ1n) is 7.97. The zero-order chi connectivity index (χ0) is 15.2. The van der Waals surface area contributed by atoms with Crippen molar-refractivity contribution < 1.29 is 0 Å². The Bertz CT molecular complexity index is 448. The van der Waals surface area contributed by atoms with Crippen molar-refractivity contribution in [2.24, 2.45) is 0 Å². The summed E-state index contributed by atoms with van der Waals surface area (Å²) in [5, 5.41) is 3.38. The number of nitrogens with one attached hydrogen (secondary N) is 1. The maximum absolute atomic E-state index is 3.75. The van der Waals surface area contributed by atoms with Gasteiger partial charge in [-0.15, -0.1) is 0 Å². The molecule has 0 bridgehead atoms. The third-order valence-electron chi connectivity index (χ3n) is 4.15. The minimum absolute atomic E-state index is 0.702. The van der Waals surface area contributed by atoms with Crippen molar-refractivity contribution in [3.63, 3.8) is 0 Å². The highest BCUT2D eigenvalue weighted by molar-refractivity contribution is 9.10. The van der Waals surface area contributed by atoms with Gasteiger partial charge in [-0.2, -0.15) is 0 Å². The van der Waals surface area contributed by atoms with E-state index in [1.165, 1.54) is 35.0 Å². The molecule has 1 aliphatic heterocycles. The standard InChI is InChI=1S/C17H28BrN3/c1-4-19-11-14-7-8-15(17(18)10-14)12-21-9-5-6-16(21)13-20(2)3/h7-8,10,16,19H,4-6,9,11-13H2,1-3H3. The van der Waals surface area contributed by atoms with Crippen LogP contribution < -0.4 is 5.32 Å². The minimum Gasteiger partial charge on any atom is -0.313 e. The summed E-state index contributed by atoms with van der Waals surface area (Å²) in [6.45, 7) is 7.55. The largest absolute Gasteiger partial charge is 0.313 e. The molecule has 1 N–H and O–H groups in total. The molecule has 4 heteroatoms. The fourth-order valence-corrected chi connectivity index (χ4v) is 3.60. The molecule has 118 valence electrons. The monoisotopic (exact) mass is 353 g/mol. The third kappa shape index (κ3) is 5.06. The SMILES string of the molecule is CCNCc1ccc(CN2CCCC2CN(C)C)c(Br)c1. The van der Waals surface area contributed by atoms with Crippen molar-refractivity contribution in [1.82, 2.24) is 15.1 Å². The highest BCUT2D eigenvalue weighted by Crippen LogP contribution is 2.25. The summed E-state index contributed by atoms with van der Waals surface area (Å²) in [7, 11) is 4.34. The van der Waals surface area contributed by atoms with Crippen molar-refractivity contribution in [1.29, 1.82) is 0 Å². The van der Waals surface area contributed by atoms with Crippen molar-refractivity contribution in [2.45, 2.75) is 38.9 Å². The Morgan fingerprint density at radius 1 is 1.38 bits per heavy atom. The van der Waals surface area contributed by atoms with Gasteiger partial charge in [-0.05, 0) is 57.2 Å². The molecular weight excluding hydrogens is 326 g/mol. The van der Waals surface area contributed by atoms with Gasteiger partial charge in [0, 0.05) is 30.1 Å². The van der Waals surface area contributed by atoms with Gasteiger partial charge in [-0.1, -0.05) is 35.0 Å². The number of likely N-dealkylation sites (N-methyl/N-ethyl adjacent to an activating group) is 1. The van der Waals surface area contributed by atoms with Gasteiger partial charge < -0.3 is 10.2 Å². The van der Waals surface area contributed by atoms with E-state index in [0.29, 0.717) is 6.04 Å². The van der Waals surface area contributed by atoms with Gasteiger partial charge in [0.15, 0.2) is 0 Å². The first kappa shape index (κ1) is 16.9. The van der Waals surface area contributed by atoms with Gasteiger partial charge in [0.25, 0.3) is 0 Å². The van der Waals surface area contributed by atoms with E-state index in [1.54, 1.807) is 0 Å². The van der Waals surface area contributed by atoms with Crippen LogP contribution in [0.15, 0.2) is 22.7 Å². The molecule has 3 nitrogen and oxygen atoms in total. The van der Waals surface area contributed by atoms with Crippen LogP contribution in [-0.2, 0) is 13.1 Å². The Kier molecular flexibility index (Phi) is 6.68. The molecule has 0 saturated carbocycles. The van der Waals surface area contributed by atoms with Crippen LogP contribution in [0, 0.1) is 0 Å². The zero-order valence-corrected chi connectivity index (χ0v) is 15.1. The highest BCUT2D eigenvalue weighted by atomic mass is 79.9. The van der Waals surface area contributed by atoms with Gasteiger partial charge in [0.2, 0.25) is 0 Å². The average molecular weight is 354 g/mol. The molecule has 1 aliphatic rings. The molecule has 1 atom stereocenters. The average Bonchev–Trinajstić information content (AvgIpc) is 2.85. The first-order chi connectivity index (χ1) is 10.1. The van der Waals surface area contributed by atoms with E-state index in [4.69, 9.17) is 0 Å². The second kappa shape index (κ2) is 8.28. The van der Waals surface area contributed by atoms with Crippen LogP contribution in [0.25, 0.3) is 0 Å². The number of hydrogen-bond acceptors (Lipinski definition) is 3. The van der Waals surface area contributed by atoms with Crippen molar-refractivity contribution >= 4 is 15.9 Å². The number of rotatable bonds is 7. The Morgan fingerprint density at radius 3 is 2.86 bits per heavy atom. The lowest BCUT2D eigenvalue weighted by atomic mass is 10.1. The molecular formula is C17H28BrN3. The lowest BCUT2D eigenvalue weighted by molar-refractivity contribution is 0.200.